The molecule has 0 aliphatic rings. The standard InChI is InChI=1S/C11H17N3Si/c1-8-10(6-7-15(3,4)5)11(12)14-9(2)13-8/h1-5H3,(H2,12,13,14). The second-order valence-electron chi connectivity index (χ2n) is 4.62. The Bertz CT molecular complexity index is 412. The lowest BCUT2D eigenvalue weighted by Crippen LogP contribution is -2.16. The second kappa shape index (κ2) is 4.03. The number of hydrogen-bond donors (Lipinski definition) is 1. The van der Waals surface area contributed by atoms with Gasteiger partial charge in [-0.2, -0.15) is 0 Å². The predicted octanol–water partition coefficient (Wildman–Crippen LogP) is 1.90. The summed E-state index contributed by atoms with van der Waals surface area (Å²) in [6.45, 7) is 10.3. The summed E-state index contributed by atoms with van der Waals surface area (Å²) in [5.41, 5.74) is 10.7. The highest BCUT2D eigenvalue weighted by Crippen LogP contribution is 2.11. The Labute approximate surface area is 92.1 Å². The van der Waals surface area contributed by atoms with Crippen molar-refractivity contribution in [2.45, 2.75) is 33.5 Å². The number of rotatable bonds is 0. The van der Waals surface area contributed by atoms with E-state index in [1.165, 1.54) is 0 Å². The van der Waals surface area contributed by atoms with Gasteiger partial charge in [0, 0.05) is 0 Å². The van der Waals surface area contributed by atoms with Crippen molar-refractivity contribution in [1.29, 1.82) is 0 Å². The van der Waals surface area contributed by atoms with Crippen LogP contribution >= 0.6 is 0 Å². The van der Waals surface area contributed by atoms with Gasteiger partial charge in [-0.05, 0) is 13.8 Å². The summed E-state index contributed by atoms with van der Waals surface area (Å²) >= 11 is 0. The van der Waals surface area contributed by atoms with Crippen molar-refractivity contribution in [2.24, 2.45) is 0 Å². The fourth-order valence-electron chi connectivity index (χ4n) is 1.14. The second-order valence-corrected chi connectivity index (χ2v) is 9.37. The molecule has 0 radical (unpaired) electrons. The van der Waals surface area contributed by atoms with Gasteiger partial charge in [0.15, 0.2) is 0 Å². The fraction of sp³-hybridized carbons (Fsp3) is 0.455. The summed E-state index contributed by atoms with van der Waals surface area (Å²) in [5, 5.41) is 0. The van der Waals surface area contributed by atoms with E-state index in [1.807, 2.05) is 13.8 Å². The summed E-state index contributed by atoms with van der Waals surface area (Å²) in [6, 6.07) is 0. The Morgan fingerprint density at radius 3 is 2.20 bits per heavy atom. The van der Waals surface area contributed by atoms with Gasteiger partial charge in [-0.3, -0.25) is 0 Å². The van der Waals surface area contributed by atoms with Crippen LogP contribution in [-0.4, -0.2) is 18.0 Å². The van der Waals surface area contributed by atoms with Crippen molar-refractivity contribution in [1.82, 2.24) is 9.97 Å². The maximum atomic E-state index is 5.81. The molecule has 1 aromatic rings. The van der Waals surface area contributed by atoms with Crippen LogP contribution < -0.4 is 5.73 Å². The first kappa shape index (κ1) is 11.7. The molecule has 1 aromatic heterocycles. The van der Waals surface area contributed by atoms with Gasteiger partial charge in [0.1, 0.15) is 19.7 Å². The van der Waals surface area contributed by atoms with Gasteiger partial charge in [0.05, 0.1) is 11.3 Å². The summed E-state index contributed by atoms with van der Waals surface area (Å²) in [7, 11) is -1.37. The van der Waals surface area contributed by atoms with Crippen molar-refractivity contribution < 1.29 is 0 Å². The molecular formula is C11H17N3Si. The van der Waals surface area contributed by atoms with E-state index in [-0.39, 0.29) is 0 Å². The summed E-state index contributed by atoms with van der Waals surface area (Å²) in [4.78, 5) is 8.37. The number of nitrogens with two attached hydrogens (primary N) is 1. The third-order valence-electron chi connectivity index (χ3n) is 1.79. The van der Waals surface area contributed by atoms with Crippen LogP contribution in [0.4, 0.5) is 5.82 Å². The van der Waals surface area contributed by atoms with Crippen molar-refractivity contribution in [3.8, 4) is 11.5 Å². The van der Waals surface area contributed by atoms with Gasteiger partial charge in [0.25, 0.3) is 0 Å². The quantitative estimate of drug-likeness (QED) is 0.535. The first-order valence-corrected chi connectivity index (χ1v) is 8.43. The molecule has 1 heterocycles. The maximum Gasteiger partial charge on any atom is 0.143 e. The minimum absolute atomic E-state index is 0.491. The van der Waals surface area contributed by atoms with Crippen LogP contribution in [0.3, 0.4) is 0 Å². The van der Waals surface area contributed by atoms with E-state index >= 15 is 0 Å². The number of nitrogens with zero attached hydrogens (tertiary/aromatic N) is 2. The molecule has 3 nitrogen and oxygen atoms in total. The van der Waals surface area contributed by atoms with Crippen molar-refractivity contribution in [3.63, 3.8) is 0 Å². The Morgan fingerprint density at radius 2 is 1.73 bits per heavy atom. The predicted molar refractivity (Wildman–Crippen MR) is 66.1 cm³/mol. The smallest absolute Gasteiger partial charge is 0.143 e. The minimum atomic E-state index is -1.37. The highest BCUT2D eigenvalue weighted by atomic mass is 28.3. The van der Waals surface area contributed by atoms with Crippen LogP contribution in [0.1, 0.15) is 17.1 Å². The van der Waals surface area contributed by atoms with Crippen LogP contribution in [0.15, 0.2) is 0 Å². The molecule has 0 fully saturated rings. The zero-order chi connectivity index (χ0) is 11.6. The fourth-order valence-corrected chi connectivity index (χ4v) is 1.64. The lowest BCUT2D eigenvalue weighted by atomic mass is 10.2. The first-order chi connectivity index (χ1) is 6.79. The Hall–Kier alpha value is -1.34. The molecule has 0 saturated heterocycles. The molecule has 0 saturated carbocycles. The van der Waals surface area contributed by atoms with E-state index in [2.05, 4.69) is 41.1 Å². The van der Waals surface area contributed by atoms with Gasteiger partial charge in [0.2, 0.25) is 0 Å². The number of hydrogen-bond acceptors (Lipinski definition) is 3. The summed E-state index contributed by atoms with van der Waals surface area (Å²) in [6.07, 6.45) is 0. The molecular weight excluding hydrogens is 202 g/mol. The first-order valence-electron chi connectivity index (χ1n) is 4.93. The van der Waals surface area contributed by atoms with E-state index in [1.54, 1.807) is 0 Å². The maximum absolute atomic E-state index is 5.81. The van der Waals surface area contributed by atoms with Crippen LogP contribution in [0.2, 0.25) is 19.6 Å². The number of anilines is 1. The van der Waals surface area contributed by atoms with Crippen LogP contribution in [0.5, 0.6) is 0 Å². The van der Waals surface area contributed by atoms with Gasteiger partial charge in [-0.15, -0.1) is 5.54 Å². The molecule has 15 heavy (non-hydrogen) atoms. The molecule has 0 aromatic carbocycles. The Balaban J connectivity index is 3.20. The number of nitrogen functional groups attached to an aromatic ring is 1. The zero-order valence-electron chi connectivity index (χ0n) is 9.97. The van der Waals surface area contributed by atoms with Crippen molar-refractivity contribution in [3.05, 3.63) is 17.1 Å². The van der Waals surface area contributed by atoms with E-state index in [0.717, 1.165) is 11.3 Å². The molecule has 1 rings (SSSR count). The van der Waals surface area contributed by atoms with Gasteiger partial charge in [-0.1, -0.05) is 25.6 Å². The summed E-state index contributed by atoms with van der Waals surface area (Å²) in [5.74, 6) is 4.30. The van der Waals surface area contributed by atoms with Crippen LogP contribution in [0, 0.1) is 25.3 Å². The van der Waals surface area contributed by atoms with Crippen molar-refractivity contribution in [2.75, 3.05) is 5.73 Å². The van der Waals surface area contributed by atoms with E-state index in [0.29, 0.717) is 11.6 Å². The normalized spacial score (nSPS) is 10.7. The highest BCUT2D eigenvalue weighted by molar-refractivity contribution is 6.83. The molecule has 0 bridgehead atoms. The average Bonchev–Trinajstić information content (AvgIpc) is 1.99. The van der Waals surface area contributed by atoms with Crippen LogP contribution in [-0.2, 0) is 0 Å². The molecule has 0 spiro atoms. The molecule has 0 aliphatic carbocycles. The highest BCUT2D eigenvalue weighted by Gasteiger charge is 2.09. The van der Waals surface area contributed by atoms with Gasteiger partial charge >= 0.3 is 0 Å². The molecule has 0 unspecified atom stereocenters. The van der Waals surface area contributed by atoms with Crippen LogP contribution in [0.25, 0.3) is 0 Å². The SMILES string of the molecule is Cc1nc(C)c(C#C[Si](C)(C)C)c(N)n1. The molecule has 0 aliphatic heterocycles. The molecule has 0 atom stereocenters. The van der Waals surface area contributed by atoms with E-state index < -0.39 is 8.07 Å². The molecule has 80 valence electrons. The lowest BCUT2D eigenvalue weighted by molar-refractivity contribution is 1.01. The number of aryl methyl sites for hydroxylation is 2. The Morgan fingerprint density at radius 1 is 1.13 bits per heavy atom. The number of aromatic nitrogens is 2. The van der Waals surface area contributed by atoms with Gasteiger partial charge in [-0.25, -0.2) is 9.97 Å². The lowest BCUT2D eigenvalue weighted by Gasteiger charge is -2.06. The Kier molecular flexibility index (Phi) is 3.15. The summed E-state index contributed by atoms with van der Waals surface area (Å²) < 4.78 is 0. The topological polar surface area (TPSA) is 51.8 Å². The average molecular weight is 219 g/mol. The molecule has 2 N–H and O–H groups in total. The van der Waals surface area contributed by atoms with Gasteiger partial charge < -0.3 is 5.73 Å². The zero-order valence-corrected chi connectivity index (χ0v) is 11.0. The third-order valence-corrected chi connectivity index (χ3v) is 2.67. The largest absolute Gasteiger partial charge is 0.383 e. The third kappa shape index (κ3) is 3.37. The van der Waals surface area contributed by atoms with Crippen molar-refractivity contribution >= 4 is 13.9 Å². The van der Waals surface area contributed by atoms with E-state index in [9.17, 15) is 0 Å². The molecule has 4 heteroatoms. The van der Waals surface area contributed by atoms with E-state index in [4.69, 9.17) is 5.73 Å². The minimum Gasteiger partial charge on any atom is -0.383 e. The monoisotopic (exact) mass is 219 g/mol. The molecule has 0 amide bonds.